The highest BCUT2D eigenvalue weighted by molar-refractivity contribution is 5.82. The summed E-state index contributed by atoms with van der Waals surface area (Å²) in [4.78, 5) is 21.0. The number of nitrogens with one attached hydrogen (secondary N) is 1. The van der Waals surface area contributed by atoms with Crippen LogP contribution >= 0.6 is 0 Å². The van der Waals surface area contributed by atoms with Crippen molar-refractivity contribution in [3.05, 3.63) is 0 Å². The zero-order valence-corrected chi connectivity index (χ0v) is 6.92. The van der Waals surface area contributed by atoms with Crippen molar-refractivity contribution in [1.29, 1.82) is 0 Å². The van der Waals surface area contributed by atoms with Gasteiger partial charge in [-0.05, 0) is 5.92 Å². The van der Waals surface area contributed by atoms with Gasteiger partial charge in [0.1, 0.15) is 6.04 Å². The van der Waals surface area contributed by atoms with Gasteiger partial charge in [-0.2, -0.15) is 0 Å². The summed E-state index contributed by atoms with van der Waals surface area (Å²) in [7, 11) is 0. The molecule has 0 saturated heterocycles. The molecule has 0 unspecified atom stereocenters. The van der Waals surface area contributed by atoms with Gasteiger partial charge in [0, 0.05) is 6.92 Å². The monoisotopic (exact) mass is 162 g/mol. The fraction of sp³-hybridized carbons (Fsp3) is 0.714. The molecule has 11 heavy (non-hydrogen) atoms. The van der Waals surface area contributed by atoms with Crippen molar-refractivity contribution in [2.75, 3.05) is 0 Å². The van der Waals surface area contributed by atoms with Crippen LogP contribution in [0, 0.1) is 5.92 Å². The lowest BCUT2D eigenvalue weighted by molar-refractivity contribution is -0.142. The minimum absolute atomic E-state index is 0.0867. The second-order valence-electron chi connectivity index (χ2n) is 2.76. The molecule has 0 rings (SSSR count). The predicted octanol–water partition coefficient (Wildman–Crippen LogP) is 0.232. The first kappa shape index (κ1) is 9.94. The predicted molar refractivity (Wildman–Crippen MR) is 40.1 cm³/mol. The van der Waals surface area contributed by atoms with Gasteiger partial charge in [-0.15, -0.1) is 0 Å². The van der Waals surface area contributed by atoms with E-state index in [1.54, 1.807) is 13.8 Å². The van der Waals surface area contributed by atoms with Crippen LogP contribution in [0.15, 0.2) is 0 Å². The summed E-state index contributed by atoms with van der Waals surface area (Å²) >= 11 is 0. The molecule has 0 spiro atoms. The molecule has 1 atom stereocenters. The Bertz CT molecular complexity index is 165. The summed E-state index contributed by atoms with van der Waals surface area (Å²) in [5, 5.41) is 10.9. The van der Waals surface area contributed by atoms with E-state index in [1.165, 1.54) is 6.92 Å². The summed E-state index contributed by atoms with van der Waals surface area (Å²) in [6.45, 7) is 4.79. The average molecular weight is 162 g/mol. The van der Waals surface area contributed by atoms with Crippen molar-refractivity contribution in [2.24, 2.45) is 5.92 Å². The fourth-order valence-electron chi connectivity index (χ4n) is 0.733. The molecule has 0 aliphatic heterocycles. The lowest BCUT2D eigenvalue weighted by Gasteiger charge is -2.16. The van der Waals surface area contributed by atoms with Gasteiger partial charge in [0.25, 0.3) is 0 Å². The van der Waals surface area contributed by atoms with Crippen LogP contribution in [-0.4, -0.2) is 23.0 Å². The van der Waals surface area contributed by atoms with E-state index in [1.807, 2.05) is 0 Å². The van der Waals surface area contributed by atoms with Crippen molar-refractivity contribution in [1.82, 2.24) is 5.32 Å². The Balaban J connectivity index is 4.12. The second kappa shape index (κ2) is 3.95. The van der Waals surface area contributed by atoms with Crippen LogP contribution in [0.4, 0.5) is 0 Å². The van der Waals surface area contributed by atoms with Crippen molar-refractivity contribution in [3.8, 4) is 0 Å². The van der Waals surface area contributed by atoms with Gasteiger partial charge in [-0.1, -0.05) is 13.8 Å². The van der Waals surface area contributed by atoms with Crippen LogP contribution in [0.3, 0.4) is 0 Å². The van der Waals surface area contributed by atoms with Crippen LogP contribution in [-0.2, 0) is 9.59 Å². The second-order valence-corrected chi connectivity index (χ2v) is 2.76. The standard InChI is InChI=1S/C7H13NO3/c1-4(2)6(7(10)11)8-5(3)9/h4,6H,1-3H3,(H,8,9)(H,10,11)/t6-/m0/s1/i6+1,7+1,8+1. The largest absolute Gasteiger partial charge is 0.480 e. The molecule has 1 amide bonds. The van der Waals surface area contributed by atoms with Crippen molar-refractivity contribution in [3.63, 3.8) is 0 Å². The van der Waals surface area contributed by atoms with E-state index < -0.39 is 12.0 Å². The van der Waals surface area contributed by atoms with Crippen LogP contribution in [0.25, 0.3) is 0 Å². The van der Waals surface area contributed by atoms with Crippen molar-refractivity contribution in [2.45, 2.75) is 26.8 Å². The fourth-order valence-corrected chi connectivity index (χ4v) is 0.733. The molecule has 0 bridgehead atoms. The highest BCUT2D eigenvalue weighted by Crippen LogP contribution is 2.00. The van der Waals surface area contributed by atoms with Crippen molar-refractivity contribution < 1.29 is 14.7 Å². The highest BCUT2D eigenvalue weighted by Gasteiger charge is 2.21. The molecule has 0 saturated carbocycles. The zero-order chi connectivity index (χ0) is 9.02. The Morgan fingerprint density at radius 2 is 1.82 bits per heavy atom. The van der Waals surface area contributed by atoms with Crippen LogP contribution in [0.2, 0.25) is 0 Å². The number of rotatable bonds is 3. The van der Waals surface area contributed by atoms with Gasteiger partial charge in [0.15, 0.2) is 0 Å². The summed E-state index contributed by atoms with van der Waals surface area (Å²) in [5.41, 5.74) is 0. The molecule has 0 aromatic heterocycles. The molecule has 0 aliphatic carbocycles. The molecule has 0 aromatic carbocycles. The van der Waals surface area contributed by atoms with Crippen molar-refractivity contribution >= 4 is 11.9 Å². The Morgan fingerprint density at radius 3 is 1.91 bits per heavy atom. The first-order valence-electron chi connectivity index (χ1n) is 3.45. The smallest absolute Gasteiger partial charge is 0.326 e. The molecule has 0 aliphatic rings. The number of amides is 1. The number of aliphatic carboxylic acids is 1. The summed E-state index contributed by atoms with van der Waals surface area (Å²) in [6.07, 6.45) is 0. The van der Waals surface area contributed by atoms with Gasteiger partial charge in [-0.3, -0.25) is 4.79 Å². The quantitative estimate of drug-likeness (QED) is 0.461. The van der Waals surface area contributed by atoms with E-state index in [4.69, 9.17) is 5.11 Å². The van der Waals surface area contributed by atoms with E-state index in [-0.39, 0.29) is 11.8 Å². The topological polar surface area (TPSA) is 66.4 Å². The SMILES string of the molecule is CC(=O)[15NH][13C@@H](C(C)C)[13C](=O)O. The third-order valence-electron chi connectivity index (χ3n) is 1.29. The molecule has 0 heterocycles. The van der Waals surface area contributed by atoms with Crippen LogP contribution < -0.4 is 5.32 Å². The third-order valence-corrected chi connectivity index (χ3v) is 1.29. The van der Waals surface area contributed by atoms with Gasteiger partial charge >= 0.3 is 5.97 Å². The molecule has 2 N–H and O–H groups in total. The molecule has 0 fully saturated rings. The lowest BCUT2D eigenvalue weighted by Crippen LogP contribution is -2.43. The summed E-state index contributed by atoms with van der Waals surface area (Å²) < 4.78 is 0. The number of carboxylic acid groups (broad SMARTS) is 1. The van der Waals surface area contributed by atoms with Gasteiger partial charge in [0.05, 0.1) is 0 Å². The molecule has 0 radical (unpaired) electrons. The Hall–Kier alpha value is -1.06. The average Bonchev–Trinajstić information content (AvgIpc) is 1.81. The minimum atomic E-state index is -0.991. The first-order valence-corrected chi connectivity index (χ1v) is 3.45. The molecule has 4 heteroatoms. The highest BCUT2D eigenvalue weighted by atomic mass is 16.5. The molecule has 4 nitrogen and oxygen atoms in total. The maximum absolute atomic E-state index is 10.5. The van der Waals surface area contributed by atoms with Gasteiger partial charge in [0.2, 0.25) is 5.91 Å². The summed E-state index contributed by atoms with van der Waals surface area (Å²) in [6, 6.07) is -0.771. The molecule has 0 aromatic rings. The Labute approximate surface area is 65.6 Å². The van der Waals surface area contributed by atoms with E-state index in [2.05, 4.69) is 5.32 Å². The number of carbonyl (C=O) groups is 2. The number of hydrogen-bond acceptors (Lipinski definition) is 2. The zero-order valence-electron chi connectivity index (χ0n) is 6.92. The molecule has 64 valence electrons. The van der Waals surface area contributed by atoms with Crippen LogP contribution in [0.1, 0.15) is 20.8 Å². The maximum atomic E-state index is 10.5. The normalized spacial score (nSPS) is 12.7. The number of carbonyl (C=O) groups excluding carboxylic acids is 1. The van der Waals surface area contributed by atoms with Gasteiger partial charge < -0.3 is 10.4 Å². The minimum Gasteiger partial charge on any atom is -0.480 e. The lowest BCUT2D eigenvalue weighted by atomic mass is 10.3. The maximum Gasteiger partial charge on any atom is 0.326 e. The summed E-state index contributed by atoms with van der Waals surface area (Å²) in [5.74, 6) is -1.39. The number of carboxylic acids is 1. The molecular weight excluding hydrogens is 149 g/mol. The van der Waals surface area contributed by atoms with E-state index in [0.717, 1.165) is 0 Å². The Kier molecular flexibility index (Phi) is 3.57. The number of hydrogen-bond donors (Lipinski definition) is 2. The van der Waals surface area contributed by atoms with Crippen LogP contribution in [0.5, 0.6) is 0 Å². The Morgan fingerprint density at radius 1 is 1.36 bits per heavy atom. The third kappa shape index (κ3) is 3.60. The first-order chi connectivity index (χ1) is 4.95. The van der Waals surface area contributed by atoms with E-state index >= 15 is 0 Å². The van der Waals surface area contributed by atoms with E-state index in [0.29, 0.717) is 0 Å². The molecular formula is C7H13NO3. The van der Waals surface area contributed by atoms with Gasteiger partial charge in [-0.25, -0.2) is 4.79 Å². The van der Waals surface area contributed by atoms with E-state index in [9.17, 15) is 9.59 Å².